The van der Waals surface area contributed by atoms with Crippen molar-refractivity contribution in [2.75, 3.05) is 19.8 Å². The van der Waals surface area contributed by atoms with Crippen LogP contribution < -0.4 is 0 Å². The van der Waals surface area contributed by atoms with Crippen molar-refractivity contribution in [2.45, 2.75) is 219 Å². The average molecular weight is 581 g/mol. The molecule has 0 rings (SSSR count). The summed E-state index contributed by atoms with van der Waals surface area (Å²) in [4.78, 5) is 11.8. The van der Waals surface area contributed by atoms with Gasteiger partial charge in [0.15, 0.2) is 0 Å². The number of esters is 1. The minimum absolute atomic E-state index is 0.123. The van der Waals surface area contributed by atoms with Crippen molar-refractivity contribution < 1.29 is 14.3 Å². The molecule has 0 aliphatic heterocycles. The molecule has 0 atom stereocenters. The SMILES string of the molecule is CCCCCCCCCCCCCCCCCCOCC(=O)OCCCCCCCCCCCCCCCCCC. The molecule has 0 radical (unpaired) electrons. The first kappa shape index (κ1) is 40.4. The van der Waals surface area contributed by atoms with Crippen molar-refractivity contribution >= 4 is 5.97 Å². The fourth-order valence-corrected chi connectivity index (χ4v) is 5.79. The summed E-state index contributed by atoms with van der Waals surface area (Å²) in [5.74, 6) is -0.192. The maximum atomic E-state index is 11.8. The topological polar surface area (TPSA) is 35.5 Å². The van der Waals surface area contributed by atoms with Crippen molar-refractivity contribution in [3.05, 3.63) is 0 Å². The smallest absolute Gasteiger partial charge is 0.332 e. The Kier molecular flexibility index (Phi) is 36.9. The molecule has 0 bridgehead atoms. The molecule has 0 N–H and O–H groups in total. The van der Waals surface area contributed by atoms with Crippen molar-refractivity contribution in [2.24, 2.45) is 0 Å². The fourth-order valence-electron chi connectivity index (χ4n) is 5.79. The third-order valence-corrected chi connectivity index (χ3v) is 8.62. The Morgan fingerprint density at radius 3 is 0.878 bits per heavy atom. The van der Waals surface area contributed by atoms with Crippen LogP contribution in [0.15, 0.2) is 0 Å². The standard InChI is InChI=1S/C38H76O3/c1-3-5-7-9-11-13-15-17-19-21-23-25-27-29-31-33-35-40-37-38(39)41-36-34-32-30-28-26-24-22-20-18-16-14-12-10-8-6-4-2/h3-37H2,1-2H3. The Bertz CT molecular complexity index is 478. The molecule has 0 amide bonds. The molecule has 0 spiro atoms. The second kappa shape index (κ2) is 37.5. The van der Waals surface area contributed by atoms with Gasteiger partial charge in [-0.1, -0.05) is 206 Å². The highest BCUT2D eigenvalue weighted by atomic mass is 16.6. The molecule has 3 nitrogen and oxygen atoms in total. The highest BCUT2D eigenvalue weighted by Crippen LogP contribution is 2.15. The molecule has 0 aromatic rings. The number of carbonyl (C=O) groups is 1. The van der Waals surface area contributed by atoms with E-state index in [-0.39, 0.29) is 12.6 Å². The van der Waals surface area contributed by atoms with Gasteiger partial charge in [-0.15, -0.1) is 0 Å². The van der Waals surface area contributed by atoms with Crippen LogP contribution in [0.25, 0.3) is 0 Å². The van der Waals surface area contributed by atoms with E-state index in [1.165, 1.54) is 193 Å². The monoisotopic (exact) mass is 581 g/mol. The third kappa shape index (κ3) is 37.4. The van der Waals surface area contributed by atoms with Gasteiger partial charge in [-0.3, -0.25) is 0 Å². The number of ether oxygens (including phenoxy) is 2. The van der Waals surface area contributed by atoms with Crippen LogP contribution >= 0.6 is 0 Å². The Hall–Kier alpha value is -0.570. The van der Waals surface area contributed by atoms with Crippen LogP contribution in [0.2, 0.25) is 0 Å². The predicted octanol–water partition coefficient (Wildman–Crippen LogP) is 13.1. The van der Waals surface area contributed by atoms with Gasteiger partial charge in [0.05, 0.1) is 6.61 Å². The third-order valence-electron chi connectivity index (χ3n) is 8.62. The van der Waals surface area contributed by atoms with Gasteiger partial charge in [0.25, 0.3) is 0 Å². The Labute approximate surface area is 259 Å². The summed E-state index contributed by atoms with van der Waals surface area (Å²) in [6.07, 6.45) is 43.7. The zero-order chi connectivity index (χ0) is 29.7. The van der Waals surface area contributed by atoms with Gasteiger partial charge >= 0.3 is 5.97 Å². The minimum atomic E-state index is -0.192. The van der Waals surface area contributed by atoms with Crippen LogP contribution in [0.1, 0.15) is 219 Å². The Morgan fingerprint density at radius 1 is 0.341 bits per heavy atom. The summed E-state index contributed by atoms with van der Waals surface area (Å²) in [5.41, 5.74) is 0. The van der Waals surface area contributed by atoms with Gasteiger partial charge in [0.1, 0.15) is 6.61 Å². The summed E-state index contributed by atoms with van der Waals surface area (Å²) < 4.78 is 10.9. The lowest BCUT2D eigenvalue weighted by Gasteiger charge is -2.06. The second-order valence-corrected chi connectivity index (χ2v) is 12.9. The van der Waals surface area contributed by atoms with Crippen molar-refractivity contribution in [1.82, 2.24) is 0 Å². The maximum absolute atomic E-state index is 11.8. The number of hydrogen-bond donors (Lipinski definition) is 0. The molecule has 0 unspecified atom stereocenters. The molecule has 41 heavy (non-hydrogen) atoms. The number of unbranched alkanes of at least 4 members (excludes halogenated alkanes) is 30. The highest BCUT2D eigenvalue weighted by molar-refractivity contribution is 5.70. The molecular formula is C38H76O3. The summed E-state index contributed by atoms with van der Waals surface area (Å²) >= 11 is 0. The lowest BCUT2D eigenvalue weighted by Crippen LogP contribution is -2.14. The maximum Gasteiger partial charge on any atom is 0.332 e. The van der Waals surface area contributed by atoms with E-state index in [0.717, 1.165) is 12.8 Å². The van der Waals surface area contributed by atoms with E-state index in [0.29, 0.717) is 13.2 Å². The zero-order valence-corrected chi connectivity index (χ0v) is 28.5. The quantitative estimate of drug-likeness (QED) is 0.0546. The van der Waals surface area contributed by atoms with E-state index in [1.807, 2.05) is 0 Å². The molecule has 0 aliphatic carbocycles. The molecule has 0 saturated heterocycles. The van der Waals surface area contributed by atoms with E-state index in [1.54, 1.807) is 0 Å². The van der Waals surface area contributed by atoms with Gasteiger partial charge < -0.3 is 9.47 Å². The normalized spacial score (nSPS) is 11.4. The second-order valence-electron chi connectivity index (χ2n) is 12.9. The highest BCUT2D eigenvalue weighted by Gasteiger charge is 2.03. The number of carbonyl (C=O) groups excluding carboxylic acids is 1. The lowest BCUT2D eigenvalue weighted by atomic mass is 10.0. The average Bonchev–Trinajstić information content (AvgIpc) is 2.98. The van der Waals surface area contributed by atoms with Gasteiger partial charge in [-0.25, -0.2) is 4.79 Å². The first-order valence-corrected chi connectivity index (χ1v) is 19.0. The van der Waals surface area contributed by atoms with Crippen LogP contribution in [-0.2, 0) is 14.3 Å². The molecule has 3 heteroatoms. The summed E-state index contributed by atoms with van der Waals surface area (Å²) in [5, 5.41) is 0. The van der Waals surface area contributed by atoms with E-state index in [9.17, 15) is 4.79 Å². The summed E-state index contributed by atoms with van der Waals surface area (Å²) in [6.45, 7) is 5.94. The van der Waals surface area contributed by atoms with Crippen LogP contribution in [0.4, 0.5) is 0 Å². The molecule has 0 aromatic carbocycles. The molecule has 0 heterocycles. The Morgan fingerprint density at radius 2 is 0.585 bits per heavy atom. The van der Waals surface area contributed by atoms with Crippen LogP contribution in [0, 0.1) is 0 Å². The van der Waals surface area contributed by atoms with Crippen LogP contribution in [0.5, 0.6) is 0 Å². The van der Waals surface area contributed by atoms with Crippen LogP contribution in [-0.4, -0.2) is 25.8 Å². The zero-order valence-electron chi connectivity index (χ0n) is 28.5. The largest absolute Gasteiger partial charge is 0.464 e. The number of rotatable bonds is 36. The van der Waals surface area contributed by atoms with Crippen molar-refractivity contribution in [3.8, 4) is 0 Å². The van der Waals surface area contributed by atoms with Gasteiger partial charge in [0, 0.05) is 6.61 Å². The van der Waals surface area contributed by atoms with E-state index < -0.39 is 0 Å². The molecule has 0 fully saturated rings. The van der Waals surface area contributed by atoms with Gasteiger partial charge in [0.2, 0.25) is 0 Å². The minimum Gasteiger partial charge on any atom is -0.464 e. The molecule has 0 saturated carbocycles. The van der Waals surface area contributed by atoms with Crippen molar-refractivity contribution in [1.29, 1.82) is 0 Å². The van der Waals surface area contributed by atoms with E-state index >= 15 is 0 Å². The van der Waals surface area contributed by atoms with E-state index in [4.69, 9.17) is 9.47 Å². The van der Waals surface area contributed by atoms with Crippen molar-refractivity contribution in [3.63, 3.8) is 0 Å². The fraction of sp³-hybridized carbons (Fsp3) is 0.974. The lowest BCUT2D eigenvalue weighted by molar-refractivity contribution is -0.149. The molecule has 0 aromatic heterocycles. The van der Waals surface area contributed by atoms with Gasteiger partial charge in [-0.2, -0.15) is 0 Å². The summed E-state index contributed by atoms with van der Waals surface area (Å²) in [7, 11) is 0. The molecule has 0 aliphatic rings. The summed E-state index contributed by atoms with van der Waals surface area (Å²) in [6, 6.07) is 0. The first-order valence-electron chi connectivity index (χ1n) is 19.0. The first-order chi connectivity index (χ1) is 20.3. The number of hydrogen-bond acceptors (Lipinski definition) is 3. The predicted molar refractivity (Wildman–Crippen MR) is 181 cm³/mol. The molecule has 246 valence electrons. The van der Waals surface area contributed by atoms with E-state index in [2.05, 4.69) is 13.8 Å². The Balaban J connectivity index is 3.14. The molecular weight excluding hydrogens is 504 g/mol. The van der Waals surface area contributed by atoms with Gasteiger partial charge in [-0.05, 0) is 12.8 Å². The van der Waals surface area contributed by atoms with Crippen LogP contribution in [0.3, 0.4) is 0 Å².